The van der Waals surface area contributed by atoms with Gasteiger partial charge in [0.05, 0.1) is 11.8 Å². The lowest BCUT2D eigenvalue weighted by atomic mass is 10.2. The van der Waals surface area contributed by atoms with E-state index in [-0.39, 0.29) is 11.1 Å². The van der Waals surface area contributed by atoms with Gasteiger partial charge in [-0.05, 0) is 51.1 Å². The Bertz CT molecular complexity index is 336. The van der Waals surface area contributed by atoms with Crippen LogP contribution in [-0.4, -0.2) is 38.0 Å². The average Bonchev–Trinajstić information content (AvgIpc) is 2.63. The summed E-state index contributed by atoms with van der Waals surface area (Å²) in [5, 5.41) is 2.94. The molecule has 0 bridgehead atoms. The topological polar surface area (TPSA) is 45.5 Å². The molecule has 90 valence electrons. The summed E-state index contributed by atoms with van der Waals surface area (Å²) < 4.78 is 4.84. The summed E-state index contributed by atoms with van der Waals surface area (Å²) in [7, 11) is 4.06. The van der Waals surface area contributed by atoms with E-state index < -0.39 is 0 Å². The molecular weight excluding hydrogens is 228 g/mol. The summed E-state index contributed by atoms with van der Waals surface area (Å²) in [5.74, 6) is -0.177. The van der Waals surface area contributed by atoms with E-state index in [9.17, 15) is 4.79 Å². The van der Waals surface area contributed by atoms with Crippen molar-refractivity contribution in [2.45, 2.75) is 12.8 Å². The number of carbonyl (C=O) groups excluding carboxylic acids is 1. The first-order valence-electron chi connectivity index (χ1n) is 5.27. The number of carbonyl (C=O) groups is 1. The Morgan fingerprint density at radius 3 is 2.81 bits per heavy atom. The van der Waals surface area contributed by atoms with Gasteiger partial charge in [0.1, 0.15) is 0 Å². The smallest absolute Gasteiger partial charge is 0.256 e. The highest BCUT2D eigenvalue weighted by Crippen LogP contribution is 2.15. The highest BCUT2D eigenvalue weighted by molar-refractivity contribution is 6.32. The van der Waals surface area contributed by atoms with Crippen LogP contribution in [-0.2, 0) is 0 Å². The maximum Gasteiger partial charge on any atom is 0.256 e. The van der Waals surface area contributed by atoms with Crippen molar-refractivity contribution in [3.63, 3.8) is 0 Å². The maximum absolute atomic E-state index is 11.6. The van der Waals surface area contributed by atoms with Crippen LogP contribution in [0.1, 0.15) is 23.2 Å². The molecule has 4 nitrogen and oxygen atoms in total. The highest BCUT2D eigenvalue weighted by atomic mass is 35.5. The van der Waals surface area contributed by atoms with Crippen LogP contribution in [0.15, 0.2) is 16.7 Å². The van der Waals surface area contributed by atoms with Crippen molar-refractivity contribution in [2.24, 2.45) is 0 Å². The normalized spacial score (nSPS) is 10.8. The standard InChI is InChI=1S/C11H17ClN2O2/c1-14(2)7-4-3-6-13-11(15)9-5-8-16-10(9)12/h5,8H,3-4,6-7H2,1-2H3,(H,13,15). The van der Waals surface area contributed by atoms with Crippen molar-refractivity contribution < 1.29 is 9.21 Å². The van der Waals surface area contributed by atoms with Gasteiger partial charge in [-0.2, -0.15) is 0 Å². The van der Waals surface area contributed by atoms with Gasteiger partial charge in [0.2, 0.25) is 5.22 Å². The minimum atomic E-state index is -0.177. The predicted molar refractivity (Wildman–Crippen MR) is 63.8 cm³/mol. The molecule has 5 heteroatoms. The molecular formula is C11H17ClN2O2. The molecule has 0 aliphatic rings. The molecule has 1 aromatic heterocycles. The first-order chi connectivity index (χ1) is 7.61. The van der Waals surface area contributed by atoms with Gasteiger partial charge in [0.25, 0.3) is 5.91 Å². The number of nitrogens with one attached hydrogen (secondary N) is 1. The number of hydrogen-bond donors (Lipinski definition) is 1. The summed E-state index contributed by atoms with van der Waals surface area (Å²) >= 11 is 5.68. The fourth-order valence-electron chi connectivity index (χ4n) is 1.31. The maximum atomic E-state index is 11.6. The Morgan fingerprint density at radius 1 is 1.50 bits per heavy atom. The molecule has 0 unspecified atom stereocenters. The number of halogens is 1. The number of hydrogen-bond acceptors (Lipinski definition) is 3. The molecule has 1 heterocycles. The van der Waals surface area contributed by atoms with Crippen LogP contribution in [0.5, 0.6) is 0 Å². The van der Waals surface area contributed by atoms with Crippen LogP contribution in [0.25, 0.3) is 0 Å². The van der Waals surface area contributed by atoms with E-state index in [1.165, 1.54) is 6.26 Å². The van der Waals surface area contributed by atoms with E-state index in [0.717, 1.165) is 19.4 Å². The van der Waals surface area contributed by atoms with Gasteiger partial charge in [-0.3, -0.25) is 4.79 Å². The second-order valence-corrected chi connectivity index (χ2v) is 4.22. The quantitative estimate of drug-likeness (QED) is 0.779. The lowest BCUT2D eigenvalue weighted by Crippen LogP contribution is -2.25. The van der Waals surface area contributed by atoms with Gasteiger partial charge in [0.15, 0.2) is 0 Å². The van der Waals surface area contributed by atoms with E-state index in [2.05, 4.69) is 10.2 Å². The fraction of sp³-hybridized carbons (Fsp3) is 0.545. The molecule has 0 spiro atoms. The number of furan rings is 1. The molecule has 1 rings (SSSR count). The third kappa shape index (κ3) is 4.24. The molecule has 1 amide bonds. The largest absolute Gasteiger partial charge is 0.452 e. The van der Waals surface area contributed by atoms with Crippen LogP contribution < -0.4 is 5.32 Å². The van der Waals surface area contributed by atoms with Gasteiger partial charge in [-0.15, -0.1) is 0 Å². The van der Waals surface area contributed by atoms with Crippen LogP contribution in [0.2, 0.25) is 5.22 Å². The van der Waals surface area contributed by atoms with Crippen molar-refractivity contribution >= 4 is 17.5 Å². The van der Waals surface area contributed by atoms with Crippen molar-refractivity contribution in [2.75, 3.05) is 27.2 Å². The van der Waals surface area contributed by atoms with Gasteiger partial charge in [0, 0.05) is 6.54 Å². The zero-order valence-corrected chi connectivity index (χ0v) is 10.4. The third-order valence-electron chi connectivity index (χ3n) is 2.18. The highest BCUT2D eigenvalue weighted by Gasteiger charge is 2.11. The number of rotatable bonds is 6. The fourth-order valence-corrected chi connectivity index (χ4v) is 1.51. The van der Waals surface area contributed by atoms with Crippen molar-refractivity contribution in [3.8, 4) is 0 Å². The van der Waals surface area contributed by atoms with Gasteiger partial charge in [-0.25, -0.2) is 0 Å². The summed E-state index contributed by atoms with van der Waals surface area (Å²) in [6, 6.07) is 1.57. The number of unbranched alkanes of at least 4 members (excludes halogenated alkanes) is 1. The summed E-state index contributed by atoms with van der Waals surface area (Å²) in [6.45, 7) is 1.69. The number of amides is 1. The molecule has 1 aromatic rings. The first kappa shape index (κ1) is 13.1. The minimum Gasteiger partial charge on any atom is -0.452 e. The third-order valence-corrected chi connectivity index (χ3v) is 2.47. The predicted octanol–water partition coefficient (Wildman–Crippen LogP) is 2.00. The Balaban J connectivity index is 2.19. The van der Waals surface area contributed by atoms with Crippen LogP contribution in [0.4, 0.5) is 0 Å². The molecule has 0 atom stereocenters. The van der Waals surface area contributed by atoms with E-state index in [4.69, 9.17) is 16.0 Å². The molecule has 16 heavy (non-hydrogen) atoms. The van der Waals surface area contributed by atoms with Gasteiger partial charge >= 0.3 is 0 Å². The number of nitrogens with zero attached hydrogens (tertiary/aromatic N) is 1. The Kier molecular flexibility index (Phi) is 5.35. The van der Waals surface area contributed by atoms with Crippen molar-refractivity contribution in [3.05, 3.63) is 23.1 Å². The first-order valence-corrected chi connectivity index (χ1v) is 5.65. The molecule has 0 aromatic carbocycles. The Hall–Kier alpha value is -1.00. The molecule has 0 radical (unpaired) electrons. The lowest BCUT2D eigenvalue weighted by molar-refractivity contribution is 0.0952. The average molecular weight is 245 g/mol. The Morgan fingerprint density at radius 2 is 2.25 bits per heavy atom. The second-order valence-electron chi connectivity index (χ2n) is 3.87. The van der Waals surface area contributed by atoms with Crippen LogP contribution in [0.3, 0.4) is 0 Å². The molecule has 0 saturated heterocycles. The summed E-state index contributed by atoms with van der Waals surface area (Å²) in [4.78, 5) is 13.7. The molecule has 0 aliphatic heterocycles. The molecule has 0 fully saturated rings. The summed E-state index contributed by atoms with van der Waals surface area (Å²) in [6.07, 6.45) is 3.43. The van der Waals surface area contributed by atoms with Crippen LogP contribution >= 0.6 is 11.6 Å². The molecule has 1 N–H and O–H groups in total. The van der Waals surface area contributed by atoms with Gasteiger partial charge < -0.3 is 14.6 Å². The monoisotopic (exact) mass is 244 g/mol. The van der Waals surface area contributed by atoms with Crippen LogP contribution in [0, 0.1) is 0 Å². The minimum absolute atomic E-state index is 0.144. The molecule has 0 aliphatic carbocycles. The van der Waals surface area contributed by atoms with Gasteiger partial charge in [-0.1, -0.05) is 0 Å². The van der Waals surface area contributed by atoms with E-state index >= 15 is 0 Å². The summed E-state index contributed by atoms with van der Waals surface area (Å²) in [5.41, 5.74) is 0.397. The Labute approximate surface area is 101 Å². The van der Waals surface area contributed by atoms with Crippen molar-refractivity contribution in [1.82, 2.24) is 10.2 Å². The zero-order valence-electron chi connectivity index (χ0n) is 9.62. The molecule has 0 saturated carbocycles. The van der Waals surface area contributed by atoms with E-state index in [0.29, 0.717) is 12.1 Å². The second kappa shape index (κ2) is 6.55. The SMILES string of the molecule is CN(C)CCCCNC(=O)c1ccoc1Cl. The zero-order chi connectivity index (χ0) is 12.0. The van der Waals surface area contributed by atoms with E-state index in [1.54, 1.807) is 6.07 Å². The van der Waals surface area contributed by atoms with Crippen molar-refractivity contribution in [1.29, 1.82) is 0 Å². The van der Waals surface area contributed by atoms with E-state index in [1.807, 2.05) is 14.1 Å². The lowest BCUT2D eigenvalue weighted by Gasteiger charge is -2.09.